The van der Waals surface area contributed by atoms with Gasteiger partial charge >= 0.3 is 0 Å². The molecule has 0 amide bonds. The molecule has 1 aromatic carbocycles. The van der Waals surface area contributed by atoms with E-state index in [0.717, 1.165) is 23.8 Å². The predicted molar refractivity (Wildman–Crippen MR) is 87.8 cm³/mol. The summed E-state index contributed by atoms with van der Waals surface area (Å²) in [6.07, 6.45) is 2.49. The van der Waals surface area contributed by atoms with Crippen molar-refractivity contribution in [2.75, 3.05) is 6.54 Å². The summed E-state index contributed by atoms with van der Waals surface area (Å²) in [7, 11) is 0. The van der Waals surface area contributed by atoms with Gasteiger partial charge in [-0.3, -0.25) is 0 Å². The highest BCUT2D eigenvalue weighted by atomic mass is 16.5. The standard InChI is InChI=1S/C17H27N3O/c1-5-18-16(20-14-10-11-14)19-12-13-8-6-7-9-15(13)21-17(2,3)4/h6-9,14H,5,10-12H2,1-4H3,(H2,18,19,20). The van der Waals surface area contributed by atoms with Crippen LogP contribution in [0.3, 0.4) is 0 Å². The number of para-hydroxylation sites is 1. The molecule has 1 aliphatic rings. The zero-order valence-electron chi connectivity index (χ0n) is 13.6. The number of nitrogens with zero attached hydrogens (tertiary/aromatic N) is 1. The van der Waals surface area contributed by atoms with Crippen molar-refractivity contribution in [1.29, 1.82) is 0 Å². The van der Waals surface area contributed by atoms with Crippen LogP contribution >= 0.6 is 0 Å². The molecular formula is C17H27N3O. The van der Waals surface area contributed by atoms with Crippen molar-refractivity contribution in [3.63, 3.8) is 0 Å². The summed E-state index contributed by atoms with van der Waals surface area (Å²) < 4.78 is 6.01. The molecule has 1 aliphatic carbocycles. The maximum atomic E-state index is 6.01. The van der Waals surface area contributed by atoms with Gasteiger partial charge < -0.3 is 15.4 Å². The molecule has 4 heteroatoms. The Morgan fingerprint density at radius 3 is 2.62 bits per heavy atom. The van der Waals surface area contributed by atoms with Gasteiger partial charge in [-0.1, -0.05) is 18.2 Å². The summed E-state index contributed by atoms with van der Waals surface area (Å²) >= 11 is 0. The minimum Gasteiger partial charge on any atom is -0.488 e. The van der Waals surface area contributed by atoms with E-state index < -0.39 is 0 Å². The molecule has 2 rings (SSSR count). The van der Waals surface area contributed by atoms with Crippen LogP contribution in [0, 0.1) is 0 Å². The summed E-state index contributed by atoms with van der Waals surface area (Å²) in [6, 6.07) is 8.72. The molecule has 116 valence electrons. The molecule has 0 unspecified atom stereocenters. The Bertz CT molecular complexity index is 487. The fraction of sp³-hybridized carbons (Fsp3) is 0.588. The number of benzene rings is 1. The van der Waals surface area contributed by atoms with Gasteiger partial charge in [0.25, 0.3) is 0 Å². The maximum absolute atomic E-state index is 6.01. The van der Waals surface area contributed by atoms with Crippen LogP contribution < -0.4 is 15.4 Å². The van der Waals surface area contributed by atoms with Gasteiger partial charge in [0.1, 0.15) is 11.4 Å². The highest BCUT2D eigenvalue weighted by Crippen LogP contribution is 2.24. The third kappa shape index (κ3) is 5.66. The quantitative estimate of drug-likeness (QED) is 0.647. The van der Waals surface area contributed by atoms with Gasteiger partial charge in [0.15, 0.2) is 5.96 Å². The molecule has 21 heavy (non-hydrogen) atoms. The lowest BCUT2D eigenvalue weighted by Gasteiger charge is -2.23. The first-order valence-corrected chi connectivity index (χ1v) is 7.79. The van der Waals surface area contributed by atoms with Gasteiger partial charge in [-0.2, -0.15) is 0 Å². The van der Waals surface area contributed by atoms with Crippen molar-refractivity contribution in [2.45, 2.75) is 58.7 Å². The summed E-state index contributed by atoms with van der Waals surface area (Å²) in [5, 5.41) is 6.72. The van der Waals surface area contributed by atoms with Gasteiger partial charge in [-0.25, -0.2) is 4.99 Å². The third-order valence-corrected chi connectivity index (χ3v) is 3.06. The summed E-state index contributed by atoms with van der Waals surface area (Å²) in [4.78, 5) is 4.67. The van der Waals surface area contributed by atoms with Gasteiger partial charge in [0.05, 0.1) is 6.54 Å². The number of guanidine groups is 1. The molecule has 0 aromatic heterocycles. The molecule has 0 saturated heterocycles. The Morgan fingerprint density at radius 2 is 2.00 bits per heavy atom. The van der Waals surface area contributed by atoms with E-state index in [1.54, 1.807) is 0 Å². The van der Waals surface area contributed by atoms with Crippen molar-refractivity contribution in [3.8, 4) is 5.75 Å². The Balaban J connectivity index is 2.06. The van der Waals surface area contributed by atoms with Crippen LogP contribution in [0.4, 0.5) is 0 Å². The van der Waals surface area contributed by atoms with Crippen LogP contribution in [0.2, 0.25) is 0 Å². The SMILES string of the molecule is CCNC(=NCc1ccccc1OC(C)(C)C)NC1CC1. The lowest BCUT2D eigenvalue weighted by Crippen LogP contribution is -2.38. The van der Waals surface area contributed by atoms with Crippen molar-refractivity contribution >= 4 is 5.96 Å². The predicted octanol–water partition coefficient (Wildman–Crippen LogP) is 3.08. The molecule has 1 fully saturated rings. The van der Waals surface area contributed by atoms with Crippen LogP contribution in [0.15, 0.2) is 29.3 Å². The van der Waals surface area contributed by atoms with Crippen LogP contribution in [-0.2, 0) is 6.54 Å². The summed E-state index contributed by atoms with van der Waals surface area (Å²) in [5.74, 6) is 1.81. The van der Waals surface area contributed by atoms with Gasteiger partial charge in [0, 0.05) is 18.2 Å². The Labute approximate surface area is 128 Å². The molecular weight excluding hydrogens is 262 g/mol. The van der Waals surface area contributed by atoms with E-state index in [9.17, 15) is 0 Å². The lowest BCUT2D eigenvalue weighted by atomic mass is 10.1. The molecule has 0 heterocycles. The molecule has 0 aliphatic heterocycles. The average molecular weight is 289 g/mol. The monoisotopic (exact) mass is 289 g/mol. The first-order chi connectivity index (χ1) is 9.98. The highest BCUT2D eigenvalue weighted by Gasteiger charge is 2.22. The molecule has 0 spiro atoms. The van der Waals surface area contributed by atoms with Gasteiger partial charge in [-0.05, 0) is 46.6 Å². The first-order valence-electron chi connectivity index (χ1n) is 7.79. The van der Waals surface area contributed by atoms with Crippen molar-refractivity contribution in [3.05, 3.63) is 29.8 Å². The number of hydrogen-bond donors (Lipinski definition) is 2. The molecule has 1 saturated carbocycles. The van der Waals surface area contributed by atoms with Crippen molar-refractivity contribution < 1.29 is 4.74 Å². The topological polar surface area (TPSA) is 45.7 Å². The average Bonchev–Trinajstić information content (AvgIpc) is 3.20. The van der Waals surface area contributed by atoms with Crippen molar-refractivity contribution in [2.24, 2.45) is 4.99 Å². The normalized spacial score (nSPS) is 15.7. The fourth-order valence-electron chi connectivity index (χ4n) is 1.97. The molecule has 2 N–H and O–H groups in total. The fourth-order valence-corrected chi connectivity index (χ4v) is 1.97. The molecule has 0 bridgehead atoms. The molecule has 0 radical (unpaired) electrons. The van der Waals surface area contributed by atoms with E-state index in [-0.39, 0.29) is 5.60 Å². The number of hydrogen-bond acceptors (Lipinski definition) is 2. The van der Waals surface area contributed by atoms with Crippen LogP contribution in [-0.4, -0.2) is 24.1 Å². The van der Waals surface area contributed by atoms with Gasteiger partial charge in [0.2, 0.25) is 0 Å². The number of aliphatic imine (C=N–C) groups is 1. The zero-order chi connectivity index (χ0) is 15.3. The van der Waals surface area contributed by atoms with E-state index in [0.29, 0.717) is 12.6 Å². The highest BCUT2D eigenvalue weighted by molar-refractivity contribution is 5.80. The van der Waals surface area contributed by atoms with E-state index >= 15 is 0 Å². The largest absolute Gasteiger partial charge is 0.488 e. The second-order valence-corrected chi connectivity index (χ2v) is 6.44. The van der Waals surface area contributed by atoms with Crippen LogP contribution in [0.25, 0.3) is 0 Å². The molecule has 1 aromatic rings. The van der Waals surface area contributed by atoms with E-state index in [1.807, 2.05) is 18.2 Å². The molecule has 0 atom stereocenters. The van der Waals surface area contributed by atoms with Crippen molar-refractivity contribution in [1.82, 2.24) is 10.6 Å². The van der Waals surface area contributed by atoms with E-state index in [2.05, 4.69) is 49.4 Å². The Kier molecular flexibility index (Phi) is 5.10. The van der Waals surface area contributed by atoms with Gasteiger partial charge in [-0.15, -0.1) is 0 Å². The molecule has 4 nitrogen and oxygen atoms in total. The van der Waals surface area contributed by atoms with E-state index in [4.69, 9.17) is 4.74 Å². The summed E-state index contributed by atoms with van der Waals surface area (Å²) in [6.45, 7) is 9.76. The Morgan fingerprint density at radius 1 is 1.29 bits per heavy atom. The van der Waals surface area contributed by atoms with Crippen LogP contribution in [0.1, 0.15) is 46.1 Å². The minimum absolute atomic E-state index is 0.198. The van der Waals surface area contributed by atoms with Crippen LogP contribution in [0.5, 0.6) is 5.75 Å². The van der Waals surface area contributed by atoms with E-state index in [1.165, 1.54) is 12.8 Å². The number of rotatable bonds is 5. The smallest absolute Gasteiger partial charge is 0.191 e. The maximum Gasteiger partial charge on any atom is 0.191 e. The number of ether oxygens (including phenoxy) is 1. The lowest BCUT2D eigenvalue weighted by molar-refractivity contribution is 0.129. The second-order valence-electron chi connectivity index (χ2n) is 6.44. The third-order valence-electron chi connectivity index (χ3n) is 3.06. The minimum atomic E-state index is -0.198. The second kappa shape index (κ2) is 6.83. The first kappa shape index (κ1) is 15.7. The zero-order valence-corrected chi connectivity index (χ0v) is 13.6. The Hall–Kier alpha value is -1.71. The number of nitrogens with one attached hydrogen (secondary N) is 2. The summed E-state index contributed by atoms with van der Waals surface area (Å²) in [5.41, 5.74) is 0.914.